The van der Waals surface area contributed by atoms with Crippen molar-refractivity contribution in [3.05, 3.63) is 30.6 Å². The minimum atomic E-state index is 0. The molecule has 0 atom stereocenters. The summed E-state index contributed by atoms with van der Waals surface area (Å²) in [5.74, 6) is 0. The maximum Gasteiger partial charge on any atom is 0.0931 e. The van der Waals surface area contributed by atoms with Gasteiger partial charge in [-0.25, -0.2) is 4.98 Å². The molecule has 2 aromatic rings. The minimum absolute atomic E-state index is 0. The number of fused-ring (bicyclic) bond motifs is 1. The highest BCUT2D eigenvalue weighted by molar-refractivity contribution is 5.85. The molecule has 1 aromatic carbocycles. The summed E-state index contributed by atoms with van der Waals surface area (Å²) in [6, 6.07) is 7.94. The summed E-state index contributed by atoms with van der Waals surface area (Å²) < 4.78 is 0. The normalized spacial score (nSPS) is 7.67. The van der Waals surface area contributed by atoms with Gasteiger partial charge >= 0.3 is 0 Å². The van der Waals surface area contributed by atoms with Gasteiger partial charge in [0, 0.05) is 0 Å². The third kappa shape index (κ3) is 2.36. The molecule has 1 aromatic heterocycles. The zero-order chi connectivity index (χ0) is 6.10. The average Bonchev–Trinajstić information content (AvgIpc) is 2.33. The summed E-state index contributed by atoms with van der Waals surface area (Å²) in [6.45, 7) is 0. The number of nitrogens with one attached hydrogen (secondary N) is 1. The Kier molecular flexibility index (Phi) is 6.65. The van der Waals surface area contributed by atoms with Crippen LogP contribution in [0.5, 0.6) is 0 Å². The van der Waals surface area contributed by atoms with Crippen molar-refractivity contribution in [1.29, 1.82) is 0 Å². The molecule has 0 aliphatic heterocycles. The number of halogens is 3. The first kappa shape index (κ1) is 13.8. The smallest absolute Gasteiger partial charge is 0.0931 e. The van der Waals surface area contributed by atoms with Crippen LogP contribution in [0.4, 0.5) is 4.70 Å². The second-order valence-corrected chi connectivity index (χ2v) is 1.92. The van der Waals surface area contributed by atoms with Gasteiger partial charge in [-0.1, -0.05) is 12.1 Å². The lowest BCUT2D eigenvalue weighted by molar-refractivity contribution is 1.11. The van der Waals surface area contributed by atoms with Gasteiger partial charge in [0.15, 0.2) is 0 Å². The Labute approximate surface area is 81.6 Å². The van der Waals surface area contributed by atoms with E-state index in [0.717, 1.165) is 11.0 Å². The molecule has 12 heavy (non-hydrogen) atoms. The van der Waals surface area contributed by atoms with Crippen molar-refractivity contribution >= 4 is 35.8 Å². The standard InChI is InChI=1S/C7H6N2.2ClH.FH/c1-2-4-7-6(3-1)8-5-9-7;;;/h1-5H,(H,8,9);3*1H. The Morgan fingerprint density at radius 2 is 1.75 bits per heavy atom. The van der Waals surface area contributed by atoms with Gasteiger partial charge in [-0.3, -0.25) is 4.70 Å². The van der Waals surface area contributed by atoms with Crippen LogP contribution in [0, 0.1) is 0 Å². The highest BCUT2D eigenvalue weighted by Crippen LogP contribution is 2.05. The molecule has 0 saturated heterocycles. The lowest BCUT2D eigenvalue weighted by atomic mass is 10.3. The molecule has 0 fully saturated rings. The fraction of sp³-hybridized carbons (Fsp3) is 0. The van der Waals surface area contributed by atoms with E-state index in [2.05, 4.69) is 9.97 Å². The Bertz CT molecular complexity index is 293. The van der Waals surface area contributed by atoms with E-state index in [-0.39, 0.29) is 29.5 Å². The van der Waals surface area contributed by atoms with Gasteiger partial charge in [0.25, 0.3) is 0 Å². The molecule has 0 aliphatic carbocycles. The summed E-state index contributed by atoms with van der Waals surface area (Å²) in [5.41, 5.74) is 2.12. The summed E-state index contributed by atoms with van der Waals surface area (Å²) >= 11 is 0. The van der Waals surface area contributed by atoms with E-state index in [1.54, 1.807) is 6.33 Å². The van der Waals surface area contributed by atoms with Crippen LogP contribution < -0.4 is 0 Å². The lowest BCUT2D eigenvalue weighted by Gasteiger charge is -1.81. The number of aromatic nitrogens is 2. The topological polar surface area (TPSA) is 28.7 Å². The number of aromatic amines is 1. The first-order valence-electron chi connectivity index (χ1n) is 2.85. The van der Waals surface area contributed by atoms with E-state index in [0.29, 0.717) is 0 Å². The molecular weight excluding hydrogens is 202 g/mol. The fourth-order valence-corrected chi connectivity index (χ4v) is 0.880. The molecule has 1 heterocycles. The van der Waals surface area contributed by atoms with Crippen LogP contribution in [0.25, 0.3) is 11.0 Å². The number of hydrogen-bond acceptors (Lipinski definition) is 1. The van der Waals surface area contributed by atoms with Crippen molar-refractivity contribution in [2.24, 2.45) is 0 Å². The van der Waals surface area contributed by atoms with E-state index in [1.807, 2.05) is 24.3 Å². The van der Waals surface area contributed by atoms with Crippen LogP contribution in [0.3, 0.4) is 0 Å². The highest BCUT2D eigenvalue weighted by Gasteiger charge is 1.88. The van der Waals surface area contributed by atoms with Crippen molar-refractivity contribution in [3.8, 4) is 0 Å². The van der Waals surface area contributed by atoms with Crippen LogP contribution in [-0.2, 0) is 0 Å². The number of hydrogen-bond donors (Lipinski definition) is 1. The Hall–Kier alpha value is -0.800. The maximum absolute atomic E-state index is 4.06. The Morgan fingerprint density at radius 3 is 2.42 bits per heavy atom. The average molecular weight is 211 g/mol. The zero-order valence-corrected chi connectivity index (χ0v) is 7.69. The molecule has 68 valence electrons. The molecule has 2 rings (SSSR count). The van der Waals surface area contributed by atoms with Gasteiger partial charge in [0.2, 0.25) is 0 Å². The summed E-state index contributed by atoms with van der Waals surface area (Å²) in [6.07, 6.45) is 1.70. The van der Waals surface area contributed by atoms with Gasteiger partial charge < -0.3 is 4.98 Å². The molecule has 0 unspecified atom stereocenters. The van der Waals surface area contributed by atoms with E-state index >= 15 is 0 Å². The van der Waals surface area contributed by atoms with Crippen molar-refractivity contribution in [1.82, 2.24) is 9.97 Å². The molecule has 0 bridgehead atoms. The number of H-pyrrole nitrogens is 1. The molecule has 0 radical (unpaired) electrons. The van der Waals surface area contributed by atoms with Gasteiger partial charge in [-0.2, -0.15) is 0 Å². The van der Waals surface area contributed by atoms with Crippen LogP contribution in [0.15, 0.2) is 30.6 Å². The third-order valence-electron chi connectivity index (χ3n) is 1.33. The van der Waals surface area contributed by atoms with Crippen molar-refractivity contribution < 1.29 is 4.70 Å². The molecule has 0 amide bonds. The number of benzene rings is 1. The van der Waals surface area contributed by atoms with E-state index in [4.69, 9.17) is 0 Å². The van der Waals surface area contributed by atoms with Crippen LogP contribution in [-0.4, -0.2) is 9.97 Å². The van der Waals surface area contributed by atoms with Gasteiger partial charge in [-0.05, 0) is 12.1 Å². The predicted octanol–water partition coefficient (Wildman–Crippen LogP) is 2.56. The van der Waals surface area contributed by atoms with E-state index in [9.17, 15) is 0 Å². The first-order valence-corrected chi connectivity index (χ1v) is 2.85. The summed E-state index contributed by atoms with van der Waals surface area (Å²) in [5, 5.41) is 0. The number of rotatable bonds is 0. The van der Waals surface area contributed by atoms with Crippen molar-refractivity contribution in [3.63, 3.8) is 0 Å². The lowest BCUT2D eigenvalue weighted by Crippen LogP contribution is -1.63. The number of para-hydroxylation sites is 2. The molecule has 0 aliphatic rings. The highest BCUT2D eigenvalue weighted by atomic mass is 35.5. The fourth-order valence-electron chi connectivity index (χ4n) is 0.880. The quantitative estimate of drug-likeness (QED) is 0.712. The summed E-state index contributed by atoms with van der Waals surface area (Å²) in [4.78, 5) is 7.07. The molecule has 0 saturated carbocycles. The van der Waals surface area contributed by atoms with E-state index in [1.165, 1.54) is 0 Å². The largest absolute Gasteiger partial charge is 0.345 e. The van der Waals surface area contributed by atoms with Gasteiger partial charge in [0.05, 0.1) is 17.4 Å². The van der Waals surface area contributed by atoms with Gasteiger partial charge in [-0.15, -0.1) is 24.8 Å². The molecule has 5 heteroatoms. The minimum Gasteiger partial charge on any atom is -0.345 e. The molecule has 2 nitrogen and oxygen atoms in total. The first-order chi connectivity index (χ1) is 4.47. The molecular formula is C7H9Cl2FN2. The molecule has 0 spiro atoms. The third-order valence-corrected chi connectivity index (χ3v) is 1.33. The summed E-state index contributed by atoms with van der Waals surface area (Å²) in [7, 11) is 0. The maximum atomic E-state index is 4.06. The van der Waals surface area contributed by atoms with Crippen molar-refractivity contribution in [2.75, 3.05) is 0 Å². The number of imidazole rings is 1. The van der Waals surface area contributed by atoms with Crippen LogP contribution in [0.1, 0.15) is 0 Å². The van der Waals surface area contributed by atoms with Crippen LogP contribution in [0.2, 0.25) is 0 Å². The number of nitrogens with zero attached hydrogens (tertiary/aromatic N) is 1. The Balaban J connectivity index is 0. The molecule has 1 N–H and O–H groups in total. The predicted molar refractivity (Wildman–Crippen MR) is 53.1 cm³/mol. The van der Waals surface area contributed by atoms with Gasteiger partial charge in [0.1, 0.15) is 0 Å². The second kappa shape index (κ2) is 5.80. The van der Waals surface area contributed by atoms with E-state index < -0.39 is 0 Å². The van der Waals surface area contributed by atoms with Crippen LogP contribution >= 0.6 is 24.8 Å². The SMILES string of the molecule is Cl.Cl.F.c1ccc2[nH]cnc2c1. The Morgan fingerprint density at radius 1 is 1.08 bits per heavy atom. The monoisotopic (exact) mass is 210 g/mol. The zero-order valence-electron chi connectivity index (χ0n) is 6.06. The van der Waals surface area contributed by atoms with Crippen molar-refractivity contribution in [2.45, 2.75) is 0 Å². The second-order valence-electron chi connectivity index (χ2n) is 1.92.